The molecule has 1 aromatic rings. The quantitative estimate of drug-likeness (QED) is 0.438. The number of hydrogen-bond donors (Lipinski definition) is 0. The SMILES string of the molecule is CC1=C(c2ccccc2)C2CC(C)C([Si](C)(C)C3C(C)CC4CCCCC43)C2S1. The first-order chi connectivity index (χ1) is 13.9. The molecule has 8 unspecified atom stereocenters. The predicted molar refractivity (Wildman–Crippen MR) is 132 cm³/mol. The molecule has 158 valence electrons. The maximum atomic E-state index is 2.82. The van der Waals surface area contributed by atoms with Crippen molar-refractivity contribution in [2.75, 3.05) is 0 Å². The van der Waals surface area contributed by atoms with Crippen LogP contribution in [0.25, 0.3) is 5.57 Å². The number of fused-ring (bicyclic) bond motifs is 2. The van der Waals surface area contributed by atoms with Crippen molar-refractivity contribution in [3.8, 4) is 0 Å². The van der Waals surface area contributed by atoms with Gasteiger partial charge in [0.05, 0.1) is 8.07 Å². The van der Waals surface area contributed by atoms with E-state index in [1.54, 1.807) is 23.3 Å². The maximum Gasteiger partial charge on any atom is 0.0555 e. The standard InChI is InChI=1S/C27H40SSi/c1-17-15-21-13-9-10-14-22(21)26(17)29(4,5)27-18(2)16-23-24(19(3)28-25(23)27)20-11-7-6-8-12-20/h6-8,11-12,17-18,21-23,25-27H,9-10,13-16H2,1-5H3. The van der Waals surface area contributed by atoms with Gasteiger partial charge in [-0.25, -0.2) is 0 Å². The van der Waals surface area contributed by atoms with Crippen LogP contribution in [0, 0.1) is 29.6 Å². The van der Waals surface area contributed by atoms with E-state index in [1.165, 1.54) is 31.2 Å². The lowest BCUT2D eigenvalue weighted by atomic mass is 9.82. The molecule has 0 radical (unpaired) electrons. The number of rotatable bonds is 3. The number of thioether (sulfide) groups is 1. The van der Waals surface area contributed by atoms with Gasteiger partial charge in [-0.15, -0.1) is 11.8 Å². The van der Waals surface area contributed by atoms with Crippen molar-refractivity contribution in [1.82, 2.24) is 0 Å². The summed E-state index contributed by atoms with van der Waals surface area (Å²) in [7, 11) is -1.37. The van der Waals surface area contributed by atoms with Crippen LogP contribution in [-0.4, -0.2) is 13.3 Å². The monoisotopic (exact) mass is 424 g/mol. The van der Waals surface area contributed by atoms with Crippen molar-refractivity contribution in [3.63, 3.8) is 0 Å². The highest BCUT2D eigenvalue weighted by atomic mass is 32.2. The molecule has 0 N–H and O–H groups in total. The number of benzene rings is 1. The third kappa shape index (κ3) is 3.23. The fourth-order valence-corrected chi connectivity index (χ4v) is 18.1. The predicted octanol–water partition coefficient (Wildman–Crippen LogP) is 8.48. The van der Waals surface area contributed by atoms with Crippen molar-refractivity contribution < 1.29 is 0 Å². The molecule has 1 heterocycles. The summed E-state index contributed by atoms with van der Waals surface area (Å²) in [5.74, 6) is 4.82. The van der Waals surface area contributed by atoms with E-state index >= 15 is 0 Å². The Morgan fingerprint density at radius 2 is 1.59 bits per heavy atom. The molecule has 0 saturated heterocycles. The number of hydrogen-bond acceptors (Lipinski definition) is 1. The molecular formula is C27H40SSi. The molecule has 4 aliphatic rings. The Kier molecular flexibility index (Phi) is 5.35. The van der Waals surface area contributed by atoms with Crippen LogP contribution in [0.3, 0.4) is 0 Å². The Morgan fingerprint density at radius 3 is 2.34 bits per heavy atom. The summed E-state index contributed by atoms with van der Waals surface area (Å²) in [5.41, 5.74) is 5.26. The normalized spacial score (nSPS) is 42.2. The molecule has 0 bridgehead atoms. The molecule has 0 nitrogen and oxygen atoms in total. The van der Waals surface area contributed by atoms with Gasteiger partial charge in [0.2, 0.25) is 0 Å². The molecule has 1 aliphatic heterocycles. The average Bonchev–Trinajstić information content (AvgIpc) is 3.29. The van der Waals surface area contributed by atoms with Crippen LogP contribution >= 0.6 is 11.8 Å². The van der Waals surface area contributed by atoms with Crippen LogP contribution in [0.4, 0.5) is 0 Å². The minimum atomic E-state index is -1.37. The first-order valence-electron chi connectivity index (χ1n) is 12.3. The Balaban J connectivity index is 1.45. The van der Waals surface area contributed by atoms with Gasteiger partial charge in [0.15, 0.2) is 0 Å². The van der Waals surface area contributed by atoms with Gasteiger partial charge in [-0.3, -0.25) is 0 Å². The van der Waals surface area contributed by atoms with E-state index < -0.39 is 8.07 Å². The van der Waals surface area contributed by atoms with E-state index in [4.69, 9.17) is 0 Å². The lowest BCUT2D eigenvalue weighted by Gasteiger charge is -2.46. The van der Waals surface area contributed by atoms with Crippen LogP contribution < -0.4 is 0 Å². The van der Waals surface area contributed by atoms with Gasteiger partial charge in [-0.2, -0.15) is 0 Å². The fourth-order valence-electron chi connectivity index (χ4n) is 8.97. The molecule has 3 aliphatic carbocycles. The van der Waals surface area contributed by atoms with E-state index in [0.717, 1.165) is 45.9 Å². The summed E-state index contributed by atoms with van der Waals surface area (Å²) in [5, 5.41) is 0.858. The van der Waals surface area contributed by atoms with Gasteiger partial charge in [-0.1, -0.05) is 83.0 Å². The largest absolute Gasteiger partial charge is 0.127 e. The Labute approximate surface area is 184 Å². The topological polar surface area (TPSA) is 0 Å². The Hall–Kier alpha value is -0.473. The molecule has 1 aromatic carbocycles. The third-order valence-corrected chi connectivity index (χ3v) is 16.6. The Bertz CT molecular complexity index is 781. The van der Waals surface area contributed by atoms with Crippen LogP contribution in [-0.2, 0) is 0 Å². The van der Waals surface area contributed by atoms with Gasteiger partial charge < -0.3 is 0 Å². The van der Waals surface area contributed by atoms with Gasteiger partial charge in [-0.05, 0) is 76.5 Å². The molecule has 3 saturated carbocycles. The van der Waals surface area contributed by atoms with Gasteiger partial charge >= 0.3 is 0 Å². The first kappa shape index (κ1) is 20.4. The Morgan fingerprint density at radius 1 is 0.897 bits per heavy atom. The summed E-state index contributed by atoms with van der Waals surface area (Å²) >= 11 is 2.28. The summed E-state index contributed by atoms with van der Waals surface area (Å²) < 4.78 is 0. The summed E-state index contributed by atoms with van der Waals surface area (Å²) in [6.07, 6.45) is 9.07. The van der Waals surface area contributed by atoms with Crippen LogP contribution in [0.5, 0.6) is 0 Å². The molecule has 8 atom stereocenters. The van der Waals surface area contributed by atoms with Crippen LogP contribution in [0.2, 0.25) is 24.2 Å². The van der Waals surface area contributed by atoms with Gasteiger partial charge in [0.25, 0.3) is 0 Å². The molecular weight excluding hydrogens is 384 g/mol. The highest BCUT2D eigenvalue weighted by molar-refractivity contribution is 8.04. The zero-order valence-corrected chi connectivity index (χ0v) is 21.0. The summed E-state index contributed by atoms with van der Waals surface area (Å²) in [4.78, 5) is 1.63. The van der Waals surface area contributed by atoms with Gasteiger partial charge in [0.1, 0.15) is 0 Å². The van der Waals surface area contributed by atoms with Crippen molar-refractivity contribution in [3.05, 3.63) is 40.8 Å². The summed E-state index contributed by atoms with van der Waals surface area (Å²) in [6, 6.07) is 11.3. The van der Waals surface area contributed by atoms with E-state index in [0.29, 0.717) is 0 Å². The molecule has 0 amide bonds. The second-order valence-electron chi connectivity index (χ2n) is 11.5. The molecule has 3 fully saturated rings. The highest BCUT2D eigenvalue weighted by Crippen LogP contribution is 2.67. The number of allylic oxidation sites excluding steroid dienone is 2. The molecule has 5 rings (SSSR count). The van der Waals surface area contributed by atoms with Gasteiger partial charge in [0, 0.05) is 5.25 Å². The zero-order chi connectivity index (χ0) is 20.3. The minimum Gasteiger partial charge on any atom is -0.127 e. The van der Waals surface area contributed by atoms with E-state index in [2.05, 4.69) is 76.0 Å². The molecule has 0 spiro atoms. The zero-order valence-electron chi connectivity index (χ0n) is 19.2. The first-order valence-corrected chi connectivity index (χ1v) is 16.4. The lowest BCUT2D eigenvalue weighted by Crippen LogP contribution is -2.46. The van der Waals surface area contributed by atoms with Crippen molar-refractivity contribution in [2.45, 2.75) is 88.7 Å². The summed E-state index contributed by atoms with van der Waals surface area (Å²) in [6.45, 7) is 13.3. The minimum absolute atomic E-state index is 0.799. The second-order valence-corrected chi connectivity index (χ2v) is 17.9. The third-order valence-electron chi connectivity index (χ3n) is 9.57. The maximum absolute atomic E-state index is 2.82. The van der Waals surface area contributed by atoms with Crippen molar-refractivity contribution in [2.24, 2.45) is 29.6 Å². The van der Waals surface area contributed by atoms with E-state index in [-0.39, 0.29) is 0 Å². The van der Waals surface area contributed by atoms with Crippen molar-refractivity contribution in [1.29, 1.82) is 0 Å². The average molecular weight is 425 g/mol. The smallest absolute Gasteiger partial charge is 0.0555 e. The van der Waals surface area contributed by atoms with Crippen LogP contribution in [0.1, 0.15) is 64.9 Å². The van der Waals surface area contributed by atoms with Crippen molar-refractivity contribution >= 4 is 25.4 Å². The van der Waals surface area contributed by atoms with E-state index in [9.17, 15) is 0 Å². The second kappa shape index (κ2) is 7.59. The molecule has 0 aromatic heterocycles. The van der Waals surface area contributed by atoms with E-state index in [1.807, 2.05) is 0 Å². The molecule has 29 heavy (non-hydrogen) atoms. The molecule has 2 heteroatoms. The van der Waals surface area contributed by atoms with Crippen LogP contribution in [0.15, 0.2) is 35.2 Å². The highest BCUT2D eigenvalue weighted by Gasteiger charge is 2.59. The lowest BCUT2D eigenvalue weighted by molar-refractivity contribution is 0.273. The fraction of sp³-hybridized carbons (Fsp3) is 0.704.